The molecule has 16 heavy (non-hydrogen) atoms. The molecule has 4 nitrogen and oxygen atoms in total. The van der Waals surface area contributed by atoms with Gasteiger partial charge in [0.2, 0.25) is 0 Å². The Balaban J connectivity index is 2.23. The fourth-order valence-corrected chi connectivity index (χ4v) is 2.02. The van der Waals surface area contributed by atoms with Gasteiger partial charge < -0.3 is 14.8 Å². The molecular weight excluding hydrogens is 224 g/mol. The molecule has 5 heteroatoms. The smallest absolute Gasteiger partial charge is 0.256 e. The number of oxazole rings is 1. The van der Waals surface area contributed by atoms with Gasteiger partial charge in [0.05, 0.1) is 11.8 Å². The van der Waals surface area contributed by atoms with E-state index in [2.05, 4.69) is 17.2 Å². The molecule has 1 rings (SSSR count). The lowest BCUT2D eigenvalue weighted by atomic mass is 10.4. The number of hydrogen-bond donors (Lipinski definition) is 2. The number of nitrogens with one attached hydrogen (secondary N) is 1. The highest BCUT2D eigenvalue weighted by Crippen LogP contribution is 2.20. The zero-order valence-electron chi connectivity index (χ0n) is 10.1. The lowest BCUT2D eigenvalue weighted by Gasteiger charge is -2.09. The number of hydrogen-bond acceptors (Lipinski definition) is 5. The van der Waals surface area contributed by atoms with E-state index in [0.29, 0.717) is 17.5 Å². The standard InChI is InChI=1S/C11H20N2O2S/c1-4-5-12-6-10(14)7-16-11-13-8(2)9(3)15-11/h10,12,14H,4-7H2,1-3H3. The predicted molar refractivity (Wildman–Crippen MR) is 65.9 cm³/mol. The molecule has 0 fully saturated rings. The normalized spacial score (nSPS) is 13.0. The van der Waals surface area contributed by atoms with Crippen molar-refractivity contribution in [1.82, 2.24) is 10.3 Å². The van der Waals surface area contributed by atoms with E-state index in [-0.39, 0.29) is 6.10 Å². The molecule has 1 aromatic rings. The third-order valence-corrected chi connectivity index (χ3v) is 3.19. The molecule has 1 unspecified atom stereocenters. The summed E-state index contributed by atoms with van der Waals surface area (Å²) in [5.74, 6) is 1.46. The molecule has 0 radical (unpaired) electrons. The quantitative estimate of drug-likeness (QED) is 0.565. The molecule has 0 aliphatic carbocycles. The SMILES string of the molecule is CCCNCC(O)CSc1nc(C)c(C)o1. The topological polar surface area (TPSA) is 58.3 Å². The molecule has 0 saturated carbocycles. The Kier molecular flexibility index (Phi) is 5.87. The number of thioether (sulfide) groups is 1. The number of rotatable bonds is 7. The fourth-order valence-electron chi connectivity index (χ4n) is 1.18. The van der Waals surface area contributed by atoms with Crippen molar-refractivity contribution < 1.29 is 9.52 Å². The van der Waals surface area contributed by atoms with E-state index in [1.54, 1.807) is 0 Å². The van der Waals surface area contributed by atoms with E-state index in [0.717, 1.165) is 24.4 Å². The van der Waals surface area contributed by atoms with E-state index in [1.807, 2.05) is 13.8 Å². The summed E-state index contributed by atoms with van der Waals surface area (Å²) in [6.07, 6.45) is 0.724. The Morgan fingerprint density at radius 1 is 1.50 bits per heavy atom. The molecule has 0 aromatic carbocycles. The summed E-state index contributed by atoms with van der Waals surface area (Å²) in [7, 11) is 0. The second-order valence-electron chi connectivity index (χ2n) is 3.79. The Morgan fingerprint density at radius 2 is 2.25 bits per heavy atom. The van der Waals surface area contributed by atoms with Crippen molar-refractivity contribution in [2.45, 2.75) is 38.5 Å². The van der Waals surface area contributed by atoms with Crippen LogP contribution >= 0.6 is 11.8 Å². The van der Waals surface area contributed by atoms with Gasteiger partial charge in [-0.2, -0.15) is 0 Å². The molecule has 0 saturated heterocycles. The maximum Gasteiger partial charge on any atom is 0.256 e. The lowest BCUT2D eigenvalue weighted by molar-refractivity contribution is 0.195. The van der Waals surface area contributed by atoms with Crippen LogP contribution in [0.25, 0.3) is 0 Å². The number of aromatic nitrogens is 1. The zero-order chi connectivity index (χ0) is 12.0. The first-order valence-electron chi connectivity index (χ1n) is 5.59. The van der Waals surface area contributed by atoms with Crippen LogP contribution in [0.15, 0.2) is 9.64 Å². The van der Waals surface area contributed by atoms with Gasteiger partial charge in [-0.05, 0) is 26.8 Å². The van der Waals surface area contributed by atoms with Crippen LogP contribution in [0.2, 0.25) is 0 Å². The Hall–Kier alpha value is -0.520. The zero-order valence-corrected chi connectivity index (χ0v) is 10.9. The highest BCUT2D eigenvalue weighted by Gasteiger charge is 2.09. The summed E-state index contributed by atoms with van der Waals surface area (Å²) in [5, 5.41) is 13.5. The molecule has 1 aromatic heterocycles. The molecular formula is C11H20N2O2S. The van der Waals surface area contributed by atoms with Crippen LogP contribution in [0.1, 0.15) is 24.8 Å². The minimum atomic E-state index is -0.357. The predicted octanol–water partition coefficient (Wildman–Crippen LogP) is 1.74. The van der Waals surface area contributed by atoms with Crippen LogP contribution in [-0.2, 0) is 0 Å². The van der Waals surface area contributed by atoms with Crippen LogP contribution in [0.4, 0.5) is 0 Å². The van der Waals surface area contributed by atoms with Crippen molar-refractivity contribution in [2.24, 2.45) is 0 Å². The summed E-state index contributed by atoms with van der Waals surface area (Å²) < 4.78 is 5.41. The van der Waals surface area contributed by atoms with Crippen LogP contribution in [0, 0.1) is 13.8 Å². The van der Waals surface area contributed by atoms with Gasteiger partial charge >= 0.3 is 0 Å². The molecule has 0 aliphatic rings. The largest absolute Gasteiger partial charge is 0.437 e. The molecule has 0 amide bonds. The van der Waals surface area contributed by atoms with Gasteiger partial charge in [0.1, 0.15) is 5.76 Å². The van der Waals surface area contributed by atoms with Crippen molar-refractivity contribution in [2.75, 3.05) is 18.8 Å². The van der Waals surface area contributed by atoms with Crippen molar-refractivity contribution in [3.05, 3.63) is 11.5 Å². The third kappa shape index (κ3) is 4.55. The summed E-state index contributed by atoms with van der Waals surface area (Å²) >= 11 is 1.45. The molecule has 92 valence electrons. The number of aliphatic hydroxyl groups is 1. The summed E-state index contributed by atoms with van der Waals surface area (Å²) in [4.78, 5) is 4.24. The first-order valence-corrected chi connectivity index (χ1v) is 6.57. The van der Waals surface area contributed by atoms with E-state index in [4.69, 9.17) is 4.42 Å². The lowest BCUT2D eigenvalue weighted by Crippen LogP contribution is -2.28. The van der Waals surface area contributed by atoms with Crippen LogP contribution < -0.4 is 5.32 Å². The average Bonchev–Trinajstić information content (AvgIpc) is 2.56. The van der Waals surface area contributed by atoms with Crippen molar-refractivity contribution in [3.63, 3.8) is 0 Å². The van der Waals surface area contributed by atoms with Crippen molar-refractivity contribution >= 4 is 11.8 Å². The van der Waals surface area contributed by atoms with E-state index < -0.39 is 0 Å². The van der Waals surface area contributed by atoms with Gasteiger partial charge in [-0.3, -0.25) is 0 Å². The number of nitrogens with zero attached hydrogens (tertiary/aromatic N) is 1. The van der Waals surface area contributed by atoms with E-state index in [9.17, 15) is 5.11 Å². The summed E-state index contributed by atoms with van der Waals surface area (Å²) in [6.45, 7) is 7.48. The van der Waals surface area contributed by atoms with Crippen LogP contribution in [-0.4, -0.2) is 35.0 Å². The van der Waals surface area contributed by atoms with Crippen LogP contribution in [0.3, 0.4) is 0 Å². The number of aryl methyl sites for hydroxylation is 2. The average molecular weight is 244 g/mol. The summed E-state index contributed by atoms with van der Waals surface area (Å²) in [5.41, 5.74) is 0.918. The first kappa shape index (κ1) is 13.5. The highest BCUT2D eigenvalue weighted by atomic mass is 32.2. The third-order valence-electron chi connectivity index (χ3n) is 2.21. The van der Waals surface area contributed by atoms with Crippen molar-refractivity contribution in [1.29, 1.82) is 0 Å². The van der Waals surface area contributed by atoms with Gasteiger partial charge in [0, 0.05) is 12.3 Å². The molecule has 0 aliphatic heterocycles. The van der Waals surface area contributed by atoms with E-state index in [1.165, 1.54) is 11.8 Å². The highest BCUT2D eigenvalue weighted by molar-refractivity contribution is 7.99. The van der Waals surface area contributed by atoms with Gasteiger partial charge in [0.15, 0.2) is 0 Å². The second kappa shape index (κ2) is 6.93. The van der Waals surface area contributed by atoms with E-state index >= 15 is 0 Å². The van der Waals surface area contributed by atoms with Gasteiger partial charge in [0.25, 0.3) is 5.22 Å². The molecule has 2 N–H and O–H groups in total. The Bertz CT molecular complexity index is 295. The molecule has 1 heterocycles. The number of aliphatic hydroxyl groups excluding tert-OH is 1. The van der Waals surface area contributed by atoms with Crippen molar-refractivity contribution in [3.8, 4) is 0 Å². The molecule has 1 atom stereocenters. The molecule has 0 bridgehead atoms. The molecule has 0 spiro atoms. The monoisotopic (exact) mass is 244 g/mol. The second-order valence-corrected chi connectivity index (χ2v) is 4.76. The fraction of sp³-hybridized carbons (Fsp3) is 0.727. The minimum Gasteiger partial charge on any atom is -0.437 e. The maximum atomic E-state index is 9.66. The Labute approximate surface area is 101 Å². The Morgan fingerprint density at radius 3 is 2.81 bits per heavy atom. The van der Waals surface area contributed by atoms with Gasteiger partial charge in [-0.25, -0.2) is 4.98 Å². The van der Waals surface area contributed by atoms with Gasteiger partial charge in [-0.1, -0.05) is 18.7 Å². The maximum absolute atomic E-state index is 9.66. The van der Waals surface area contributed by atoms with Crippen LogP contribution in [0.5, 0.6) is 0 Å². The minimum absolute atomic E-state index is 0.357. The van der Waals surface area contributed by atoms with Gasteiger partial charge in [-0.15, -0.1) is 0 Å². The summed E-state index contributed by atoms with van der Waals surface area (Å²) in [6, 6.07) is 0. The first-order chi connectivity index (χ1) is 7.63.